The van der Waals surface area contributed by atoms with E-state index in [1.807, 2.05) is 59.1 Å². The zero-order chi connectivity index (χ0) is 29.4. The van der Waals surface area contributed by atoms with Crippen molar-refractivity contribution < 1.29 is 14.3 Å². The summed E-state index contributed by atoms with van der Waals surface area (Å²) >= 11 is 6.32. The summed E-state index contributed by atoms with van der Waals surface area (Å²) in [6.07, 6.45) is 7.42. The number of esters is 1. The lowest BCUT2D eigenvalue weighted by Crippen LogP contribution is -2.25. The van der Waals surface area contributed by atoms with Crippen LogP contribution < -0.4 is 9.47 Å². The van der Waals surface area contributed by atoms with E-state index in [1.165, 1.54) is 48.8 Å². The summed E-state index contributed by atoms with van der Waals surface area (Å²) in [5.74, 6) is 1.81. The largest absolute Gasteiger partial charge is 0.492 e. The molecule has 3 aromatic rings. The number of carbonyl (C=O) groups excluding carboxylic acids is 1. The highest BCUT2D eigenvalue weighted by Crippen LogP contribution is 2.40. The maximum absolute atomic E-state index is 12.5. The smallest absolute Gasteiger partial charge is 0.316 e. The van der Waals surface area contributed by atoms with Gasteiger partial charge in [-0.2, -0.15) is 0 Å². The van der Waals surface area contributed by atoms with Crippen LogP contribution in [0.2, 0.25) is 5.02 Å². The third kappa shape index (κ3) is 8.95. The molecule has 41 heavy (non-hydrogen) atoms. The molecule has 1 saturated carbocycles. The molecule has 1 fully saturated rings. The lowest BCUT2D eigenvalue weighted by atomic mass is 9.79. The van der Waals surface area contributed by atoms with Crippen molar-refractivity contribution in [2.75, 3.05) is 27.2 Å². The Hall–Kier alpha value is -3.08. The summed E-state index contributed by atoms with van der Waals surface area (Å²) in [6.45, 7) is 7.09. The van der Waals surface area contributed by atoms with Crippen LogP contribution in [0, 0.1) is 11.3 Å². The Morgan fingerprint density at radius 2 is 1.34 bits per heavy atom. The molecule has 0 atom stereocenters. The van der Waals surface area contributed by atoms with Crippen molar-refractivity contribution >= 4 is 28.7 Å². The summed E-state index contributed by atoms with van der Waals surface area (Å²) in [6, 6.07) is 24.6. The number of nitrogens with zero attached hydrogens (tertiary/aromatic N) is 1. The normalized spacial score (nSPS) is 15.0. The second kappa shape index (κ2) is 14.2. The van der Waals surface area contributed by atoms with E-state index in [0.717, 1.165) is 34.9 Å². The fourth-order valence-electron chi connectivity index (χ4n) is 5.22. The van der Waals surface area contributed by atoms with Crippen LogP contribution >= 0.6 is 11.6 Å². The number of benzene rings is 3. The van der Waals surface area contributed by atoms with Gasteiger partial charge in [0, 0.05) is 11.6 Å². The van der Waals surface area contributed by atoms with E-state index in [1.54, 1.807) is 0 Å². The van der Waals surface area contributed by atoms with Crippen molar-refractivity contribution in [3.8, 4) is 11.5 Å². The molecule has 218 valence electrons. The standard InChI is InChI=1S/C36H44ClNO3/c1-36(2,3)35(39)41-32-21-15-29(16-22-32)34(28-13-19-31(20-14-28)40-24-23-38(4)5)33(25-26-9-7-6-8-10-26)27-11-17-30(37)18-12-27/h11-22,26H,6-10,23-25H2,1-5H3/b34-33+. The Labute approximate surface area is 251 Å². The van der Waals surface area contributed by atoms with Gasteiger partial charge in [-0.25, -0.2) is 0 Å². The van der Waals surface area contributed by atoms with Gasteiger partial charge in [-0.1, -0.05) is 80.1 Å². The fraction of sp³-hybridized carbons (Fsp3) is 0.417. The van der Waals surface area contributed by atoms with Gasteiger partial charge in [-0.15, -0.1) is 0 Å². The summed E-state index contributed by atoms with van der Waals surface area (Å²) in [4.78, 5) is 14.6. The van der Waals surface area contributed by atoms with Crippen molar-refractivity contribution in [2.24, 2.45) is 11.3 Å². The van der Waals surface area contributed by atoms with Crippen LogP contribution in [0.3, 0.4) is 0 Å². The molecule has 4 nitrogen and oxygen atoms in total. The maximum Gasteiger partial charge on any atom is 0.316 e. The van der Waals surface area contributed by atoms with E-state index >= 15 is 0 Å². The lowest BCUT2D eigenvalue weighted by Gasteiger charge is -2.26. The molecule has 1 aliphatic carbocycles. The second-order valence-corrected chi connectivity index (χ2v) is 12.8. The molecule has 4 rings (SSSR count). The Morgan fingerprint density at radius 1 is 0.805 bits per heavy atom. The van der Waals surface area contributed by atoms with Crippen LogP contribution in [-0.2, 0) is 4.79 Å². The molecule has 0 spiro atoms. The van der Waals surface area contributed by atoms with Crippen LogP contribution in [-0.4, -0.2) is 38.1 Å². The third-order valence-corrected chi connectivity index (χ3v) is 7.88. The average molecular weight is 574 g/mol. The Morgan fingerprint density at radius 3 is 1.88 bits per heavy atom. The van der Waals surface area contributed by atoms with Crippen molar-refractivity contribution in [3.05, 3.63) is 94.5 Å². The second-order valence-electron chi connectivity index (χ2n) is 12.4. The molecule has 0 heterocycles. The van der Waals surface area contributed by atoms with E-state index in [9.17, 15) is 4.79 Å². The third-order valence-electron chi connectivity index (χ3n) is 7.63. The number of likely N-dealkylation sites (N-methyl/N-ethyl adjacent to an activating group) is 1. The highest BCUT2D eigenvalue weighted by molar-refractivity contribution is 6.30. The van der Waals surface area contributed by atoms with Crippen LogP contribution in [0.15, 0.2) is 72.8 Å². The van der Waals surface area contributed by atoms with Gasteiger partial charge >= 0.3 is 5.97 Å². The Kier molecular flexibility index (Phi) is 10.7. The first-order chi connectivity index (χ1) is 19.6. The van der Waals surface area contributed by atoms with E-state index in [0.29, 0.717) is 18.3 Å². The quantitative estimate of drug-likeness (QED) is 0.138. The molecular formula is C36H44ClNO3. The van der Waals surface area contributed by atoms with Crippen molar-refractivity contribution in [2.45, 2.75) is 59.3 Å². The molecule has 5 heteroatoms. The number of ether oxygens (including phenoxy) is 2. The fourth-order valence-corrected chi connectivity index (χ4v) is 5.35. The maximum atomic E-state index is 12.5. The van der Waals surface area contributed by atoms with Gasteiger partial charge in [0.1, 0.15) is 18.1 Å². The lowest BCUT2D eigenvalue weighted by molar-refractivity contribution is -0.143. The van der Waals surface area contributed by atoms with Gasteiger partial charge in [-0.05, 0) is 111 Å². The monoisotopic (exact) mass is 573 g/mol. The van der Waals surface area contributed by atoms with Crippen LogP contribution in [0.25, 0.3) is 11.1 Å². The highest BCUT2D eigenvalue weighted by atomic mass is 35.5. The van der Waals surface area contributed by atoms with E-state index in [-0.39, 0.29) is 5.97 Å². The molecule has 3 aromatic carbocycles. The molecule has 0 aliphatic heterocycles. The Bertz CT molecular complexity index is 1300. The van der Waals surface area contributed by atoms with Crippen molar-refractivity contribution in [3.63, 3.8) is 0 Å². The summed E-state index contributed by atoms with van der Waals surface area (Å²) in [7, 11) is 4.09. The van der Waals surface area contributed by atoms with Gasteiger partial charge in [0.05, 0.1) is 5.41 Å². The summed E-state index contributed by atoms with van der Waals surface area (Å²) < 4.78 is 11.7. The molecule has 0 amide bonds. The molecule has 1 aliphatic rings. The van der Waals surface area contributed by atoms with Gasteiger partial charge < -0.3 is 14.4 Å². The first-order valence-corrected chi connectivity index (χ1v) is 15.2. The molecule has 0 bridgehead atoms. The molecule has 0 saturated heterocycles. The van der Waals surface area contributed by atoms with Crippen LogP contribution in [0.5, 0.6) is 11.5 Å². The van der Waals surface area contributed by atoms with E-state index < -0.39 is 5.41 Å². The van der Waals surface area contributed by atoms with Gasteiger partial charge in [0.25, 0.3) is 0 Å². The minimum atomic E-state index is -0.568. The van der Waals surface area contributed by atoms with Gasteiger partial charge in [0.15, 0.2) is 0 Å². The van der Waals surface area contributed by atoms with Crippen molar-refractivity contribution in [1.29, 1.82) is 0 Å². The SMILES string of the molecule is CN(C)CCOc1ccc(/C(=C(/CC2CCCCC2)c2ccc(Cl)cc2)c2ccc(OC(=O)C(C)(C)C)cc2)cc1. The van der Waals surface area contributed by atoms with E-state index in [4.69, 9.17) is 21.1 Å². The number of hydrogen-bond acceptors (Lipinski definition) is 4. The topological polar surface area (TPSA) is 38.8 Å². The molecule has 0 N–H and O–H groups in total. The van der Waals surface area contributed by atoms with E-state index in [2.05, 4.69) is 53.4 Å². The number of allylic oxidation sites excluding steroid dienone is 1. The van der Waals surface area contributed by atoms with Crippen molar-refractivity contribution in [1.82, 2.24) is 4.90 Å². The van der Waals surface area contributed by atoms with Gasteiger partial charge in [0.2, 0.25) is 0 Å². The molecule has 0 radical (unpaired) electrons. The number of carbonyl (C=O) groups is 1. The minimum Gasteiger partial charge on any atom is -0.492 e. The number of halogens is 1. The number of hydrogen-bond donors (Lipinski definition) is 0. The zero-order valence-electron chi connectivity index (χ0n) is 25.2. The average Bonchev–Trinajstić information content (AvgIpc) is 2.95. The predicted octanol–water partition coefficient (Wildman–Crippen LogP) is 9.16. The molecule has 0 unspecified atom stereocenters. The number of rotatable bonds is 10. The first kappa shape index (κ1) is 30.9. The highest BCUT2D eigenvalue weighted by Gasteiger charge is 2.24. The Balaban J connectivity index is 1.78. The van der Waals surface area contributed by atoms with Crippen LogP contribution in [0.1, 0.15) is 76.0 Å². The minimum absolute atomic E-state index is 0.245. The molecule has 0 aromatic heterocycles. The van der Waals surface area contributed by atoms with Crippen LogP contribution in [0.4, 0.5) is 0 Å². The van der Waals surface area contributed by atoms with Gasteiger partial charge in [-0.3, -0.25) is 4.79 Å². The summed E-state index contributed by atoms with van der Waals surface area (Å²) in [5.41, 5.74) is 5.33. The molecular weight excluding hydrogens is 530 g/mol. The zero-order valence-corrected chi connectivity index (χ0v) is 26.0. The first-order valence-electron chi connectivity index (χ1n) is 14.8. The predicted molar refractivity (Wildman–Crippen MR) is 171 cm³/mol. The summed E-state index contributed by atoms with van der Waals surface area (Å²) in [5, 5.41) is 0.733.